The average molecular weight is 226 g/mol. The number of aromatic nitrogens is 1. The van der Waals surface area contributed by atoms with Crippen molar-refractivity contribution in [2.45, 2.75) is 58.4 Å². The Labute approximate surface area is 96.9 Å². The molecule has 0 saturated heterocycles. The van der Waals surface area contributed by atoms with Crippen molar-refractivity contribution in [3.63, 3.8) is 0 Å². The molecule has 0 aliphatic heterocycles. The monoisotopic (exact) mass is 226 g/mol. The van der Waals surface area contributed by atoms with E-state index in [9.17, 15) is 0 Å². The number of nitrogens with two attached hydrogens (primary N) is 1. The van der Waals surface area contributed by atoms with Crippen molar-refractivity contribution < 1.29 is 0 Å². The van der Waals surface area contributed by atoms with Crippen molar-refractivity contribution >= 4 is 11.3 Å². The fourth-order valence-electron chi connectivity index (χ4n) is 1.37. The number of unbranched alkanes of at least 4 members (excludes halogenated alkanes) is 1. The van der Waals surface area contributed by atoms with E-state index in [1.807, 2.05) is 0 Å². The summed E-state index contributed by atoms with van der Waals surface area (Å²) in [6.45, 7) is 8.75. The van der Waals surface area contributed by atoms with Crippen LogP contribution in [0.25, 0.3) is 0 Å². The molecule has 0 spiro atoms. The quantitative estimate of drug-likeness (QED) is 0.851. The van der Waals surface area contributed by atoms with Crippen molar-refractivity contribution in [3.8, 4) is 0 Å². The van der Waals surface area contributed by atoms with E-state index in [-0.39, 0.29) is 11.5 Å². The molecule has 1 atom stereocenters. The van der Waals surface area contributed by atoms with Crippen molar-refractivity contribution in [2.24, 2.45) is 5.73 Å². The third-order valence-corrected chi connectivity index (χ3v) is 3.70. The molecule has 1 aromatic heterocycles. The van der Waals surface area contributed by atoms with Gasteiger partial charge in [-0.25, -0.2) is 4.98 Å². The van der Waals surface area contributed by atoms with Crippen LogP contribution in [0.15, 0.2) is 5.38 Å². The van der Waals surface area contributed by atoms with Crippen LogP contribution in [0, 0.1) is 0 Å². The molecule has 0 aromatic carbocycles. The first-order chi connectivity index (χ1) is 6.95. The van der Waals surface area contributed by atoms with E-state index in [1.165, 1.54) is 17.8 Å². The van der Waals surface area contributed by atoms with Gasteiger partial charge in [-0.05, 0) is 6.42 Å². The molecule has 0 amide bonds. The normalized spacial score (nSPS) is 14.2. The standard InChI is InChI=1S/C12H22N2S/c1-5-6-7-9(13)10-8-15-11(14-10)12(2,3)4/h8-9H,5-7,13H2,1-4H3. The highest BCUT2D eigenvalue weighted by atomic mass is 32.1. The van der Waals surface area contributed by atoms with E-state index in [0.717, 1.165) is 12.1 Å². The Morgan fingerprint density at radius 3 is 2.60 bits per heavy atom. The minimum atomic E-state index is 0.122. The molecule has 0 radical (unpaired) electrons. The Kier molecular flexibility index (Phi) is 4.29. The van der Waals surface area contributed by atoms with Crippen LogP contribution in [0.4, 0.5) is 0 Å². The molecular formula is C12H22N2S. The summed E-state index contributed by atoms with van der Waals surface area (Å²) in [7, 11) is 0. The second-order valence-corrected chi connectivity index (χ2v) is 5.93. The van der Waals surface area contributed by atoms with Crippen LogP contribution in [-0.4, -0.2) is 4.98 Å². The molecule has 0 bridgehead atoms. The van der Waals surface area contributed by atoms with Crippen LogP contribution in [-0.2, 0) is 5.41 Å². The van der Waals surface area contributed by atoms with Crippen LogP contribution in [0.5, 0.6) is 0 Å². The summed E-state index contributed by atoms with van der Waals surface area (Å²) < 4.78 is 0. The minimum Gasteiger partial charge on any atom is -0.323 e. The second kappa shape index (κ2) is 5.08. The van der Waals surface area contributed by atoms with Gasteiger partial charge in [0.15, 0.2) is 0 Å². The summed E-state index contributed by atoms with van der Waals surface area (Å²) >= 11 is 1.73. The van der Waals surface area contributed by atoms with Crippen molar-refractivity contribution in [3.05, 3.63) is 16.1 Å². The third kappa shape index (κ3) is 3.58. The molecular weight excluding hydrogens is 204 g/mol. The number of hydrogen-bond donors (Lipinski definition) is 1. The topological polar surface area (TPSA) is 38.9 Å². The molecule has 1 aromatic rings. The highest BCUT2D eigenvalue weighted by Crippen LogP contribution is 2.28. The highest BCUT2D eigenvalue weighted by molar-refractivity contribution is 7.09. The fourth-order valence-corrected chi connectivity index (χ4v) is 2.34. The second-order valence-electron chi connectivity index (χ2n) is 5.08. The van der Waals surface area contributed by atoms with Gasteiger partial charge in [-0.15, -0.1) is 11.3 Å². The molecule has 0 aliphatic carbocycles. The summed E-state index contributed by atoms with van der Waals surface area (Å²) in [5, 5.41) is 3.30. The predicted octanol–water partition coefficient (Wildman–Crippen LogP) is 3.63. The van der Waals surface area contributed by atoms with Gasteiger partial charge in [-0.3, -0.25) is 0 Å². The lowest BCUT2D eigenvalue weighted by Crippen LogP contribution is -2.14. The number of nitrogens with zero attached hydrogens (tertiary/aromatic N) is 1. The minimum absolute atomic E-state index is 0.122. The number of hydrogen-bond acceptors (Lipinski definition) is 3. The van der Waals surface area contributed by atoms with Gasteiger partial charge in [0, 0.05) is 16.8 Å². The third-order valence-electron chi connectivity index (χ3n) is 2.41. The SMILES string of the molecule is CCCCC(N)c1csc(C(C)(C)C)n1. The van der Waals surface area contributed by atoms with E-state index in [4.69, 9.17) is 5.73 Å². The summed E-state index contributed by atoms with van der Waals surface area (Å²) in [5.74, 6) is 0. The molecule has 0 saturated carbocycles. The fraction of sp³-hybridized carbons (Fsp3) is 0.750. The van der Waals surface area contributed by atoms with Crippen LogP contribution >= 0.6 is 11.3 Å². The van der Waals surface area contributed by atoms with E-state index < -0.39 is 0 Å². The first-order valence-electron chi connectivity index (χ1n) is 5.66. The van der Waals surface area contributed by atoms with E-state index in [2.05, 4.69) is 38.1 Å². The van der Waals surface area contributed by atoms with Crippen LogP contribution in [0.2, 0.25) is 0 Å². The van der Waals surface area contributed by atoms with E-state index in [0.29, 0.717) is 0 Å². The summed E-state index contributed by atoms with van der Waals surface area (Å²) in [6, 6.07) is 0.122. The largest absolute Gasteiger partial charge is 0.323 e. The Balaban J connectivity index is 2.67. The molecule has 1 unspecified atom stereocenters. The van der Waals surface area contributed by atoms with Gasteiger partial charge >= 0.3 is 0 Å². The van der Waals surface area contributed by atoms with Gasteiger partial charge in [0.05, 0.1) is 10.7 Å². The van der Waals surface area contributed by atoms with Crippen LogP contribution in [0.1, 0.15) is 63.7 Å². The van der Waals surface area contributed by atoms with Gasteiger partial charge < -0.3 is 5.73 Å². The van der Waals surface area contributed by atoms with Gasteiger partial charge in [-0.2, -0.15) is 0 Å². The molecule has 2 N–H and O–H groups in total. The molecule has 0 fully saturated rings. The van der Waals surface area contributed by atoms with Gasteiger partial charge in [0.2, 0.25) is 0 Å². The van der Waals surface area contributed by atoms with E-state index >= 15 is 0 Å². The zero-order chi connectivity index (χ0) is 11.5. The molecule has 3 heteroatoms. The Morgan fingerprint density at radius 2 is 2.13 bits per heavy atom. The molecule has 1 heterocycles. The van der Waals surface area contributed by atoms with Gasteiger partial charge in [-0.1, -0.05) is 40.5 Å². The molecule has 2 nitrogen and oxygen atoms in total. The Morgan fingerprint density at radius 1 is 1.47 bits per heavy atom. The van der Waals surface area contributed by atoms with Crippen molar-refractivity contribution in [2.75, 3.05) is 0 Å². The highest BCUT2D eigenvalue weighted by Gasteiger charge is 2.19. The smallest absolute Gasteiger partial charge is 0.0982 e. The summed E-state index contributed by atoms with van der Waals surface area (Å²) in [4.78, 5) is 4.63. The molecule has 86 valence electrons. The Hall–Kier alpha value is -0.410. The average Bonchev–Trinajstić information content (AvgIpc) is 2.62. The van der Waals surface area contributed by atoms with Crippen LogP contribution in [0.3, 0.4) is 0 Å². The summed E-state index contributed by atoms with van der Waals surface area (Å²) in [6.07, 6.45) is 3.43. The first-order valence-corrected chi connectivity index (χ1v) is 6.54. The first kappa shape index (κ1) is 12.7. The Bertz CT molecular complexity index is 299. The molecule has 0 aliphatic rings. The van der Waals surface area contributed by atoms with Crippen molar-refractivity contribution in [1.29, 1.82) is 0 Å². The van der Waals surface area contributed by atoms with Crippen LogP contribution < -0.4 is 5.73 Å². The maximum absolute atomic E-state index is 6.08. The maximum Gasteiger partial charge on any atom is 0.0982 e. The van der Waals surface area contributed by atoms with E-state index in [1.54, 1.807) is 11.3 Å². The lowest BCUT2D eigenvalue weighted by Gasteiger charge is -2.14. The predicted molar refractivity (Wildman–Crippen MR) is 67.3 cm³/mol. The number of thiazole rings is 1. The van der Waals surface area contributed by atoms with Crippen molar-refractivity contribution in [1.82, 2.24) is 4.98 Å². The lowest BCUT2D eigenvalue weighted by molar-refractivity contribution is 0.563. The van der Waals surface area contributed by atoms with Gasteiger partial charge in [0.25, 0.3) is 0 Å². The number of rotatable bonds is 4. The lowest BCUT2D eigenvalue weighted by atomic mass is 9.98. The molecule has 1 rings (SSSR count). The maximum atomic E-state index is 6.08. The zero-order valence-corrected chi connectivity index (χ0v) is 11.0. The van der Waals surface area contributed by atoms with Gasteiger partial charge in [0.1, 0.15) is 0 Å². The summed E-state index contributed by atoms with van der Waals surface area (Å²) in [5.41, 5.74) is 7.30. The molecule has 15 heavy (non-hydrogen) atoms. The zero-order valence-electron chi connectivity index (χ0n) is 10.2.